The second-order valence-corrected chi connectivity index (χ2v) is 14.7. The summed E-state index contributed by atoms with van der Waals surface area (Å²) in [5.74, 6) is 0.390. The minimum Gasteiger partial charge on any atom is -1.00 e. The summed E-state index contributed by atoms with van der Waals surface area (Å²) >= 11 is 0. The number of para-hydroxylation sites is 2. The second kappa shape index (κ2) is 20.7. The van der Waals surface area contributed by atoms with Crippen LogP contribution in [0.3, 0.4) is 0 Å². The predicted octanol–water partition coefficient (Wildman–Crippen LogP) is 1.39. The quantitative estimate of drug-likeness (QED) is 0.0335. The molecule has 0 radical (unpaired) electrons. The number of aliphatic hydroxyl groups excluding tert-OH is 2. The molecule has 0 atom stereocenters. The summed E-state index contributed by atoms with van der Waals surface area (Å²) in [6.07, 6.45) is 2.43. The standard InChI is InChI=1S/C36H36N12O8S2.K.H/c49-19-17-37-31-43-33(39-25-7-3-1-4-8-25)47-35(45-31)41-27-15-13-23(29(21-27)57(51,52)53)11-12-24-14-16-28(22-30(24)58(54,55)56)42-36-46-32(38-18-20-50)44-34(48-36)40-26-9-5-2-6-10-26;;/h1-16,21-22,49-50H,17-20H2,(H,51,52,53)(H,54,55,56)(H3,37,39,41,43,45,47)(H3,38,40,42,44,46,48);;/q;+1;-1. The third-order valence-corrected chi connectivity index (χ3v) is 9.45. The van der Waals surface area contributed by atoms with Crippen molar-refractivity contribution in [2.24, 2.45) is 0 Å². The van der Waals surface area contributed by atoms with Gasteiger partial charge >= 0.3 is 52.8 Å². The molecule has 6 rings (SSSR count). The molecular weight excluding hydrogens is 832 g/mol. The van der Waals surface area contributed by atoms with Crippen LogP contribution >= 0.6 is 0 Å². The fourth-order valence-electron chi connectivity index (χ4n) is 5.15. The molecule has 0 unspecified atom stereocenters. The molecule has 0 bridgehead atoms. The largest absolute Gasteiger partial charge is 1.00 e. The van der Waals surface area contributed by atoms with Crippen molar-refractivity contribution in [3.63, 3.8) is 0 Å². The van der Waals surface area contributed by atoms with Crippen molar-refractivity contribution >= 4 is 90.8 Å². The Labute approximate surface area is 384 Å². The Morgan fingerprint density at radius 1 is 0.542 bits per heavy atom. The Bertz CT molecular complexity index is 2460. The number of nitrogens with one attached hydrogen (secondary N) is 6. The zero-order chi connectivity index (χ0) is 41.1. The maximum atomic E-state index is 12.6. The smallest absolute Gasteiger partial charge is 1.00 e. The van der Waals surface area contributed by atoms with Crippen LogP contribution in [0.5, 0.6) is 0 Å². The maximum Gasteiger partial charge on any atom is 1.00 e. The average molecular weight is 869 g/mol. The van der Waals surface area contributed by atoms with Crippen LogP contribution in [-0.4, -0.2) is 92.4 Å². The van der Waals surface area contributed by atoms with Crippen molar-refractivity contribution in [2.45, 2.75) is 9.79 Å². The van der Waals surface area contributed by atoms with E-state index < -0.39 is 30.0 Å². The van der Waals surface area contributed by atoms with Crippen LogP contribution in [0.25, 0.3) is 12.2 Å². The molecule has 4 aromatic carbocycles. The molecule has 0 fully saturated rings. The van der Waals surface area contributed by atoms with E-state index in [-0.39, 0.29) is 139 Å². The van der Waals surface area contributed by atoms with Gasteiger partial charge in [0, 0.05) is 35.8 Å². The molecule has 0 saturated carbocycles. The first-order valence-electron chi connectivity index (χ1n) is 17.2. The number of hydrogen-bond acceptors (Lipinski definition) is 19. The Morgan fingerprint density at radius 2 is 0.898 bits per heavy atom. The van der Waals surface area contributed by atoms with Gasteiger partial charge in [0.25, 0.3) is 10.1 Å². The number of nitrogens with zero attached hydrogens (tertiary/aromatic N) is 6. The fraction of sp³-hybridized carbons (Fsp3) is 0.111. The molecule has 9 N–H and O–H groups in total. The second-order valence-electron chi connectivity index (χ2n) is 11.9. The Morgan fingerprint density at radius 3 is 1.27 bits per heavy atom. The van der Waals surface area contributed by atoms with Gasteiger partial charge in [-0.3, -0.25) is 4.55 Å². The predicted molar refractivity (Wildman–Crippen MR) is 219 cm³/mol. The number of hydrogen-bond donors (Lipinski definition) is 9. The van der Waals surface area contributed by atoms with Crippen molar-refractivity contribution in [3.05, 3.63) is 108 Å². The maximum absolute atomic E-state index is 12.6. The molecule has 0 aliphatic rings. The van der Waals surface area contributed by atoms with Gasteiger partial charge in [-0.15, -0.1) is 0 Å². The van der Waals surface area contributed by atoms with Gasteiger partial charge in [-0.05, 0) is 59.7 Å². The van der Waals surface area contributed by atoms with Gasteiger partial charge in [-0.2, -0.15) is 38.3 Å². The third-order valence-electron chi connectivity index (χ3n) is 7.65. The first-order valence-corrected chi connectivity index (χ1v) is 20.0. The van der Waals surface area contributed by atoms with Gasteiger partial charge in [-0.25, -0.2) is 8.42 Å². The summed E-state index contributed by atoms with van der Waals surface area (Å²) in [4.78, 5) is 24.5. The first kappa shape index (κ1) is 44.9. The summed E-state index contributed by atoms with van der Waals surface area (Å²) < 4.78 is 72.7. The molecule has 0 aliphatic heterocycles. The summed E-state index contributed by atoms with van der Waals surface area (Å²) in [6.45, 7) is -0.146. The van der Waals surface area contributed by atoms with Crippen LogP contribution in [-0.2, 0) is 20.2 Å². The van der Waals surface area contributed by atoms with Crippen molar-refractivity contribution in [1.29, 1.82) is 0 Å². The summed E-state index contributed by atoms with van der Waals surface area (Å²) in [5, 5.41) is 36.0. The van der Waals surface area contributed by atoms with E-state index >= 15 is 0 Å². The van der Waals surface area contributed by atoms with Crippen molar-refractivity contribution in [3.8, 4) is 0 Å². The minimum atomic E-state index is -5.10. The summed E-state index contributed by atoms with van der Waals surface area (Å²) in [5.41, 5.74) is 1.45. The molecule has 0 amide bonds. The Balaban J connectivity index is 0.00000331. The van der Waals surface area contributed by atoms with Crippen LogP contribution in [0, 0.1) is 0 Å². The van der Waals surface area contributed by atoms with Crippen molar-refractivity contribution in [1.82, 2.24) is 29.9 Å². The number of benzene rings is 4. The molecule has 23 heteroatoms. The van der Waals surface area contributed by atoms with Crippen molar-refractivity contribution < 1.29 is 90.4 Å². The van der Waals surface area contributed by atoms with Crippen LogP contribution in [0.15, 0.2) is 107 Å². The van der Waals surface area contributed by atoms with E-state index in [0.29, 0.717) is 11.4 Å². The van der Waals surface area contributed by atoms with Gasteiger partial charge in [0.2, 0.25) is 35.7 Å². The molecule has 20 nitrogen and oxygen atoms in total. The number of aliphatic hydroxyl groups is 2. The topological polar surface area (TPSA) is 302 Å². The molecule has 0 spiro atoms. The first-order chi connectivity index (χ1) is 27.9. The van der Waals surface area contributed by atoms with Crippen LogP contribution in [0.4, 0.5) is 58.4 Å². The average Bonchev–Trinajstić information content (AvgIpc) is 3.19. The summed E-state index contributed by atoms with van der Waals surface area (Å²) in [6, 6.07) is 25.8. The van der Waals surface area contributed by atoms with E-state index in [1.54, 1.807) is 36.4 Å². The van der Waals surface area contributed by atoms with E-state index in [9.17, 15) is 36.2 Å². The third kappa shape index (κ3) is 13.2. The molecule has 6 aromatic rings. The molecule has 0 saturated heterocycles. The number of aromatic nitrogens is 6. The molecular formula is C36H37KN12O8S2. The van der Waals surface area contributed by atoms with Gasteiger partial charge in [-0.1, -0.05) is 60.7 Å². The fourth-order valence-corrected chi connectivity index (χ4v) is 6.55. The SMILES string of the molecule is O=S(=O)([O-])c1cc(Nc2nc(NCCO)nc(Nc3ccccc3)n2)ccc1C=Cc1ccc(Nc2nc(NCCO)nc(Nc3ccccc3)n2)cc1S(=O)(=O)O.[H+].[H-].[K+]. The van der Waals surface area contributed by atoms with Crippen LogP contribution < -0.4 is 83.3 Å². The van der Waals surface area contributed by atoms with E-state index in [2.05, 4.69) is 61.8 Å². The zero-order valence-corrected chi connectivity index (χ0v) is 35.9. The number of rotatable bonds is 18. The molecule has 59 heavy (non-hydrogen) atoms. The van der Waals surface area contributed by atoms with Crippen LogP contribution in [0.2, 0.25) is 0 Å². The van der Waals surface area contributed by atoms with Gasteiger partial charge in [0.1, 0.15) is 15.0 Å². The zero-order valence-electron chi connectivity index (χ0n) is 33.1. The monoisotopic (exact) mass is 868 g/mol. The minimum absolute atomic E-state index is 0. The number of anilines is 10. The van der Waals surface area contributed by atoms with E-state index in [4.69, 9.17) is 0 Å². The van der Waals surface area contributed by atoms with Crippen molar-refractivity contribution in [2.75, 3.05) is 58.2 Å². The molecule has 2 aromatic heterocycles. The van der Waals surface area contributed by atoms with E-state index in [0.717, 1.165) is 12.1 Å². The van der Waals surface area contributed by atoms with Gasteiger partial charge in [0.15, 0.2) is 0 Å². The Kier molecular flexibility index (Phi) is 15.7. The molecule has 302 valence electrons. The van der Waals surface area contributed by atoms with E-state index in [1.807, 2.05) is 24.3 Å². The normalized spacial score (nSPS) is 11.4. The van der Waals surface area contributed by atoms with E-state index in [1.165, 1.54) is 36.4 Å². The molecule has 2 heterocycles. The Hall–Kier alpha value is -5.18. The van der Waals surface area contributed by atoms with Gasteiger partial charge in [0.05, 0.1) is 18.1 Å². The summed E-state index contributed by atoms with van der Waals surface area (Å²) in [7, 11) is -9.97. The van der Waals surface area contributed by atoms with Crippen LogP contribution in [0.1, 0.15) is 14.0 Å². The molecule has 0 aliphatic carbocycles. The van der Waals surface area contributed by atoms with Gasteiger partial charge < -0.3 is 48.1 Å².